The molecule has 1 saturated heterocycles. The SMILES string of the molecule is C=C[C@@]1(CO)CO[C@H](n2cc(C)c(=O)[nH]c2=O)C1. The van der Waals surface area contributed by atoms with Gasteiger partial charge in [0, 0.05) is 23.6 Å². The van der Waals surface area contributed by atoms with Crippen LogP contribution in [-0.4, -0.2) is 27.9 Å². The van der Waals surface area contributed by atoms with Gasteiger partial charge in [0.05, 0.1) is 13.2 Å². The number of aromatic nitrogens is 2. The van der Waals surface area contributed by atoms with E-state index in [1.165, 1.54) is 10.8 Å². The van der Waals surface area contributed by atoms with Gasteiger partial charge >= 0.3 is 5.69 Å². The fraction of sp³-hybridized carbons (Fsp3) is 0.500. The summed E-state index contributed by atoms with van der Waals surface area (Å²) in [6, 6.07) is 0. The van der Waals surface area contributed by atoms with Gasteiger partial charge in [-0.25, -0.2) is 4.79 Å². The lowest BCUT2D eigenvalue weighted by molar-refractivity contribution is 0.0443. The van der Waals surface area contributed by atoms with Crippen LogP contribution in [0.4, 0.5) is 0 Å². The lowest BCUT2D eigenvalue weighted by Crippen LogP contribution is -2.33. The van der Waals surface area contributed by atoms with Gasteiger partial charge in [0.1, 0.15) is 6.23 Å². The van der Waals surface area contributed by atoms with Gasteiger partial charge in [-0.2, -0.15) is 0 Å². The van der Waals surface area contributed by atoms with Crippen molar-refractivity contribution in [2.45, 2.75) is 19.6 Å². The van der Waals surface area contributed by atoms with Crippen LogP contribution in [0.2, 0.25) is 0 Å². The first kappa shape index (κ1) is 12.8. The number of aliphatic hydroxyl groups excluding tert-OH is 1. The third-order valence-electron chi connectivity index (χ3n) is 3.35. The van der Waals surface area contributed by atoms with Crippen LogP contribution in [0.3, 0.4) is 0 Å². The van der Waals surface area contributed by atoms with Crippen LogP contribution in [0.25, 0.3) is 0 Å². The van der Waals surface area contributed by atoms with Gasteiger partial charge in [-0.15, -0.1) is 6.58 Å². The zero-order valence-electron chi connectivity index (χ0n) is 10.2. The first-order valence-corrected chi connectivity index (χ1v) is 5.69. The van der Waals surface area contributed by atoms with Crippen LogP contribution in [0.1, 0.15) is 18.2 Å². The summed E-state index contributed by atoms with van der Waals surface area (Å²) in [7, 11) is 0. The molecular weight excluding hydrogens is 236 g/mol. The Balaban J connectivity index is 2.35. The van der Waals surface area contributed by atoms with E-state index in [1.54, 1.807) is 13.0 Å². The number of nitrogens with one attached hydrogen (secondary N) is 1. The quantitative estimate of drug-likeness (QED) is 0.737. The molecule has 0 saturated carbocycles. The molecule has 0 spiro atoms. The smallest absolute Gasteiger partial charge is 0.330 e. The molecule has 0 bridgehead atoms. The van der Waals surface area contributed by atoms with Crippen molar-refractivity contribution >= 4 is 0 Å². The minimum atomic E-state index is -0.520. The lowest BCUT2D eigenvalue weighted by atomic mass is 9.88. The minimum Gasteiger partial charge on any atom is -0.395 e. The number of rotatable bonds is 3. The van der Waals surface area contributed by atoms with E-state index in [2.05, 4.69) is 11.6 Å². The average Bonchev–Trinajstić information content (AvgIpc) is 2.79. The van der Waals surface area contributed by atoms with Crippen LogP contribution >= 0.6 is 0 Å². The van der Waals surface area contributed by atoms with Crippen molar-refractivity contribution in [1.29, 1.82) is 0 Å². The Bertz CT molecular complexity index is 574. The standard InChI is InChI=1S/C12H16N2O4/c1-3-12(6-15)4-9(18-7-12)14-5-8(2)10(16)13-11(14)17/h3,5,9,15H,1,4,6-7H2,2H3,(H,13,16,17)/t9-,12+/m0/s1. The maximum Gasteiger partial charge on any atom is 0.330 e. The first-order valence-electron chi connectivity index (χ1n) is 5.69. The highest BCUT2D eigenvalue weighted by atomic mass is 16.5. The van der Waals surface area contributed by atoms with Gasteiger partial charge < -0.3 is 9.84 Å². The molecule has 98 valence electrons. The molecule has 0 aliphatic carbocycles. The topological polar surface area (TPSA) is 84.3 Å². The molecule has 0 radical (unpaired) electrons. The minimum absolute atomic E-state index is 0.0793. The molecule has 0 aromatic carbocycles. The van der Waals surface area contributed by atoms with Crippen molar-refractivity contribution in [3.8, 4) is 0 Å². The molecular formula is C12H16N2O4. The Morgan fingerprint density at radius 2 is 2.44 bits per heavy atom. The fourth-order valence-electron chi connectivity index (χ4n) is 2.02. The molecule has 1 fully saturated rings. The van der Waals surface area contributed by atoms with Crippen molar-refractivity contribution in [2.24, 2.45) is 5.41 Å². The Labute approximate surface area is 104 Å². The first-order chi connectivity index (χ1) is 8.51. The van der Waals surface area contributed by atoms with Crippen LogP contribution in [0.5, 0.6) is 0 Å². The Morgan fingerprint density at radius 3 is 3.00 bits per heavy atom. The van der Waals surface area contributed by atoms with Crippen LogP contribution in [0.15, 0.2) is 28.4 Å². The molecule has 2 atom stereocenters. The van der Waals surface area contributed by atoms with Crippen molar-refractivity contribution in [3.63, 3.8) is 0 Å². The highest BCUT2D eigenvalue weighted by molar-refractivity contribution is 5.04. The van der Waals surface area contributed by atoms with E-state index in [9.17, 15) is 14.7 Å². The predicted molar refractivity (Wildman–Crippen MR) is 65.4 cm³/mol. The van der Waals surface area contributed by atoms with Gasteiger partial charge in [0.15, 0.2) is 0 Å². The van der Waals surface area contributed by atoms with E-state index in [4.69, 9.17) is 4.74 Å². The summed E-state index contributed by atoms with van der Waals surface area (Å²) in [5.41, 5.74) is -0.980. The molecule has 0 unspecified atom stereocenters. The third kappa shape index (κ3) is 2.04. The third-order valence-corrected chi connectivity index (χ3v) is 3.35. The predicted octanol–water partition coefficient (Wildman–Crippen LogP) is -0.0714. The molecule has 0 amide bonds. The number of aryl methyl sites for hydroxylation is 1. The van der Waals surface area contributed by atoms with Gasteiger partial charge in [0.2, 0.25) is 0 Å². The van der Waals surface area contributed by atoms with Crippen LogP contribution in [0, 0.1) is 12.3 Å². The summed E-state index contributed by atoms with van der Waals surface area (Å²) < 4.78 is 6.87. The summed E-state index contributed by atoms with van der Waals surface area (Å²) in [6.45, 7) is 5.53. The zero-order valence-corrected chi connectivity index (χ0v) is 10.2. The van der Waals surface area contributed by atoms with E-state index in [-0.39, 0.29) is 6.61 Å². The second-order valence-corrected chi connectivity index (χ2v) is 4.67. The Hall–Kier alpha value is -1.66. The maximum absolute atomic E-state index is 11.7. The number of aliphatic hydroxyl groups is 1. The number of nitrogens with zero attached hydrogens (tertiary/aromatic N) is 1. The summed E-state index contributed by atoms with van der Waals surface area (Å²) in [6.07, 6.45) is 3.09. The van der Waals surface area contributed by atoms with Crippen molar-refractivity contribution in [2.75, 3.05) is 13.2 Å². The van der Waals surface area contributed by atoms with Crippen LogP contribution in [-0.2, 0) is 4.74 Å². The molecule has 6 nitrogen and oxygen atoms in total. The average molecular weight is 252 g/mol. The molecule has 1 aromatic heterocycles. The molecule has 2 heterocycles. The number of hydrogen-bond acceptors (Lipinski definition) is 4. The van der Waals surface area contributed by atoms with Crippen molar-refractivity contribution < 1.29 is 9.84 Å². The van der Waals surface area contributed by atoms with E-state index < -0.39 is 22.9 Å². The fourth-order valence-corrected chi connectivity index (χ4v) is 2.02. The summed E-state index contributed by atoms with van der Waals surface area (Å²) >= 11 is 0. The van der Waals surface area contributed by atoms with Gasteiger partial charge in [-0.05, 0) is 6.92 Å². The lowest BCUT2D eigenvalue weighted by Gasteiger charge is -2.19. The zero-order chi connectivity index (χ0) is 13.3. The van der Waals surface area contributed by atoms with Crippen molar-refractivity contribution in [3.05, 3.63) is 45.3 Å². The Morgan fingerprint density at radius 1 is 1.72 bits per heavy atom. The summed E-state index contributed by atoms with van der Waals surface area (Å²) in [4.78, 5) is 25.2. The maximum atomic E-state index is 11.7. The highest BCUT2D eigenvalue weighted by Gasteiger charge is 2.38. The number of H-pyrrole nitrogens is 1. The molecule has 1 aliphatic rings. The van der Waals surface area contributed by atoms with E-state index in [0.717, 1.165) is 0 Å². The molecule has 2 rings (SSSR count). The molecule has 1 aliphatic heterocycles. The second-order valence-electron chi connectivity index (χ2n) is 4.67. The highest BCUT2D eigenvalue weighted by Crippen LogP contribution is 2.37. The molecule has 6 heteroatoms. The normalized spacial score (nSPS) is 27.3. The number of hydrogen-bond donors (Lipinski definition) is 2. The summed E-state index contributed by atoms with van der Waals surface area (Å²) in [5, 5.41) is 9.35. The summed E-state index contributed by atoms with van der Waals surface area (Å²) in [5.74, 6) is 0. The van der Waals surface area contributed by atoms with E-state index in [0.29, 0.717) is 18.6 Å². The van der Waals surface area contributed by atoms with Gasteiger partial charge in [-0.3, -0.25) is 14.3 Å². The molecule has 1 aromatic rings. The molecule has 18 heavy (non-hydrogen) atoms. The van der Waals surface area contributed by atoms with E-state index >= 15 is 0 Å². The van der Waals surface area contributed by atoms with E-state index in [1.807, 2.05) is 0 Å². The number of ether oxygens (including phenoxy) is 1. The molecule has 2 N–H and O–H groups in total. The second kappa shape index (κ2) is 4.55. The van der Waals surface area contributed by atoms with Crippen LogP contribution < -0.4 is 11.2 Å². The van der Waals surface area contributed by atoms with Gasteiger partial charge in [-0.1, -0.05) is 6.08 Å². The monoisotopic (exact) mass is 252 g/mol. The number of aromatic amines is 1. The Kier molecular flexibility index (Phi) is 3.23. The van der Waals surface area contributed by atoms with Crippen molar-refractivity contribution in [1.82, 2.24) is 9.55 Å². The largest absolute Gasteiger partial charge is 0.395 e. The van der Waals surface area contributed by atoms with Gasteiger partial charge in [0.25, 0.3) is 5.56 Å².